The molecule has 2 aromatic rings. The average Bonchev–Trinajstić information content (AvgIpc) is 2.37. The van der Waals surface area contributed by atoms with Crippen LogP contribution in [-0.2, 0) is 0 Å². The molecule has 0 heterocycles. The van der Waals surface area contributed by atoms with Gasteiger partial charge in [-0.25, -0.2) is 0 Å². The minimum atomic E-state index is -4.73. The van der Waals surface area contributed by atoms with Crippen LogP contribution in [0.4, 0.5) is 13.2 Å². The Labute approximate surface area is 141 Å². The zero-order chi connectivity index (χ0) is 15.6. The SMILES string of the molecule is Cl.N[C@@H](c1ccc(OC(F)(F)F)cc1)c1c(Cl)cccc1Cl. The highest BCUT2D eigenvalue weighted by Crippen LogP contribution is 2.33. The third kappa shape index (κ3) is 4.68. The van der Waals surface area contributed by atoms with Gasteiger partial charge in [0.05, 0.1) is 6.04 Å². The van der Waals surface area contributed by atoms with Gasteiger partial charge in [-0.1, -0.05) is 41.4 Å². The Morgan fingerprint density at radius 2 is 1.45 bits per heavy atom. The molecule has 8 heteroatoms. The van der Waals surface area contributed by atoms with Crippen molar-refractivity contribution >= 4 is 35.6 Å². The maximum Gasteiger partial charge on any atom is 0.573 e. The van der Waals surface area contributed by atoms with Crippen LogP contribution >= 0.6 is 35.6 Å². The summed E-state index contributed by atoms with van der Waals surface area (Å²) in [7, 11) is 0. The van der Waals surface area contributed by atoms with E-state index in [4.69, 9.17) is 28.9 Å². The molecular formula is C14H11Cl3F3NO. The van der Waals surface area contributed by atoms with Crippen LogP contribution in [0.5, 0.6) is 5.75 Å². The monoisotopic (exact) mass is 371 g/mol. The summed E-state index contributed by atoms with van der Waals surface area (Å²) in [5, 5.41) is 0.788. The van der Waals surface area contributed by atoms with Crippen LogP contribution in [0, 0.1) is 0 Å². The standard InChI is InChI=1S/C14H10Cl2F3NO.ClH/c15-10-2-1-3-11(16)12(10)13(20)8-4-6-9(7-5-8)21-14(17,18)19;/h1-7,13H,20H2;1H/t13-;/m0./s1. The molecule has 0 bridgehead atoms. The summed E-state index contributed by atoms with van der Waals surface area (Å²) in [5.41, 5.74) is 7.15. The van der Waals surface area contributed by atoms with Gasteiger partial charge in [-0.3, -0.25) is 0 Å². The molecule has 0 aliphatic heterocycles. The van der Waals surface area contributed by atoms with Crippen LogP contribution < -0.4 is 10.5 Å². The van der Waals surface area contributed by atoms with Crippen LogP contribution in [0.2, 0.25) is 10.0 Å². The van der Waals surface area contributed by atoms with Crippen molar-refractivity contribution in [3.05, 3.63) is 63.6 Å². The molecule has 0 saturated carbocycles. The van der Waals surface area contributed by atoms with Crippen molar-refractivity contribution in [2.45, 2.75) is 12.4 Å². The third-order valence-corrected chi connectivity index (χ3v) is 3.44. The highest BCUT2D eigenvalue weighted by Gasteiger charge is 2.31. The van der Waals surface area contributed by atoms with Gasteiger partial charge in [0.25, 0.3) is 0 Å². The Morgan fingerprint density at radius 3 is 1.91 bits per heavy atom. The second kappa shape index (κ2) is 7.42. The van der Waals surface area contributed by atoms with Crippen molar-refractivity contribution in [2.24, 2.45) is 5.73 Å². The van der Waals surface area contributed by atoms with Crippen molar-refractivity contribution in [3.63, 3.8) is 0 Å². The van der Waals surface area contributed by atoms with Crippen molar-refractivity contribution in [1.82, 2.24) is 0 Å². The zero-order valence-electron chi connectivity index (χ0n) is 10.9. The number of benzene rings is 2. The summed E-state index contributed by atoms with van der Waals surface area (Å²) in [6.45, 7) is 0. The summed E-state index contributed by atoms with van der Waals surface area (Å²) in [6.07, 6.45) is -4.73. The number of hydrogen-bond donors (Lipinski definition) is 1. The van der Waals surface area contributed by atoms with E-state index in [9.17, 15) is 13.2 Å². The molecule has 0 aliphatic rings. The van der Waals surface area contributed by atoms with E-state index in [1.165, 1.54) is 24.3 Å². The van der Waals surface area contributed by atoms with E-state index in [0.29, 0.717) is 21.2 Å². The predicted octanol–water partition coefficient (Wildman–Crippen LogP) is 5.36. The summed E-state index contributed by atoms with van der Waals surface area (Å²) < 4.78 is 40.1. The van der Waals surface area contributed by atoms with Gasteiger partial charge >= 0.3 is 6.36 Å². The van der Waals surface area contributed by atoms with Crippen LogP contribution in [-0.4, -0.2) is 6.36 Å². The van der Waals surface area contributed by atoms with Gasteiger partial charge in [0, 0.05) is 15.6 Å². The van der Waals surface area contributed by atoms with Crippen molar-refractivity contribution in [2.75, 3.05) is 0 Å². The maximum absolute atomic E-state index is 12.1. The third-order valence-electron chi connectivity index (χ3n) is 2.78. The van der Waals surface area contributed by atoms with Gasteiger partial charge in [-0.05, 0) is 29.8 Å². The van der Waals surface area contributed by atoms with Crippen LogP contribution in [0.1, 0.15) is 17.2 Å². The van der Waals surface area contributed by atoms with Gasteiger partial charge in [0.15, 0.2) is 0 Å². The second-order valence-corrected chi connectivity index (χ2v) is 5.04. The number of alkyl halides is 3. The molecule has 0 saturated heterocycles. The molecule has 120 valence electrons. The number of ether oxygens (including phenoxy) is 1. The lowest BCUT2D eigenvalue weighted by Gasteiger charge is -2.16. The highest BCUT2D eigenvalue weighted by atomic mass is 35.5. The van der Waals surface area contributed by atoms with Gasteiger partial charge in [0.1, 0.15) is 5.75 Å². The fourth-order valence-electron chi connectivity index (χ4n) is 1.85. The minimum absolute atomic E-state index is 0. The van der Waals surface area contributed by atoms with Crippen LogP contribution in [0.3, 0.4) is 0 Å². The summed E-state index contributed by atoms with van der Waals surface area (Å²) in [5.74, 6) is -0.316. The predicted molar refractivity (Wildman–Crippen MR) is 82.9 cm³/mol. The van der Waals surface area contributed by atoms with E-state index in [1.54, 1.807) is 18.2 Å². The average molecular weight is 373 g/mol. The number of hydrogen-bond acceptors (Lipinski definition) is 2. The summed E-state index contributed by atoms with van der Waals surface area (Å²) >= 11 is 12.1. The number of halogens is 6. The first kappa shape index (κ1) is 18.9. The topological polar surface area (TPSA) is 35.2 Å². The Balaban J connectivity index is 0.00000242. The van der Waals surface area contributed by atoms with Crippen molar-refractivity contribution in [3.8, 4) is 5.75 Å². The lowest BCUT2D eigenvalue weighted by atomic mass is 9.99. The molecule has 2 nitrogen and oxygen atoms in total. The quantitative estimate of drug-likeness (QED) is 0.787. The smallest absolute Gasteiger partial charge is 0.406 e. The van der Waals surface area contributed by atoms with Crippen molar-refractivity contribution in [1.29, 1.82) is 0 Å². The Hall–Kier alpha value is -1.14. The maximum atomic E-state index is 12.1. The minimum Gasteiger partial charge on any atom is -0.406 e. The van der Waals surface area contributed by atoms with Gasteiger partial charge in [-0.2, -0.15) is 0 Å². The van der Waals surface area contributed by atoms with E-state index in [-0.39, 0.29) is 18.2 Å². The van der Waals surface area contributed by atoms with Gasteiger partial charge < -0.3 is 10.5 Å². The molecule has 2 N–H and O–H groups in total. The molecule has 1 atom stereocenters. The molecule has 0 unspecified atom stereocenters. The fourth-order valence-corrected chi connectivity index (χ4v) is 2.48. The molecule has 0 aromatic heterocycles. The largest absolute Gasteiger partial charge is 0.573 e. The first-order valence-corrected chi connectivity index (χ1v) is 6.59. The first-order valence-electron chi connectivity index (χ1n) is 5.83. The number of nitrogens with two attached hydrogens (primary N) is 1. The van der Waals surface area contributed by atoms with E-state index >= 15 is 0 Å². The lowest BCUT2D eigenvalue weighted by Crippen LogP contribution is -2.17. The summed E-state index contributed by atoms with van der Waals surface area (Å²) in [4.78, 5) is 0. The van der Waals surface area contributed by atoms with E-state index in [1.807, 2.05) is 0 Å². The van der Waals surface area contributed by atoms with E-state index < -0.39 is 12.4 Å². The van der Waals surface area contributed by atoms with Crippen LogP contribution in [0.15, 0.2) is 42.5 Å². The van der Waals surface area contributed by atoms with E-state index in [0.717, 1.165) is 0 Å². The Morgan fingerprint density at radius 1 is 0.955 bits per heavy atom. The molecule has 0 aliphatic carbocycles. The molecule has 22 heavy (non-hydrogen) atoms. The highest BCUT2D eigenvalue weighted by molar-refractivity contribution is 6.36. The second-order valence-electron chi connectivity index (χ2n) is 4.23. The fraction of sp³-hybridized carbons (Fsp3) is 0.143. The first-order chi connectivity index (χ1) is 9.78. The van der Waals surface area contributed by atoms with E-state index in [2.05, 4.69) is 4.74 Å². The molecule has 0 amide bonds. The Bertz CT molecular complexity index is 612. The Kier molecular flexibility index (Phi) is 6.38. The summed E-state index contributed by atoms with van der Waals surface area (Å²) in [6, 6.07) is 9.57. The zero-order valence-corrected chi connectivity index (χ0v) is 13.2. The van der Waals surface area contributed by atoms with Gasteiger partial charge in [0.2, 0.25) is 0 Å². The normalized spacial score (nSPS) is 12.5. The van der Waals surface area contributed by atoms with Crippen molar-refractivity contribution < 1.29 is 17.9 Å². The van der Waals surface area contributed by atoms with Crippen LogP contribution in [0.25, 0.3) is 0 Å². The van der Waals surface area contributed by atoms with Gasteiger partial charge in [-0.15, -0.1) is 25.6 Å². The molecular weight excluding hydrogens is 362 g/mol. The molecule has 0 fully saturated rings. The molecule has 2 rings (SSSR count). The lowest BCUT2D eigenvalue weighted by molar-refractivity contribution is -0.274. The number of rotatable bonds is 3. The molecule has 0 radical (unpaired) electrons. The molecule has 2 aromatic carbocycles. The molecule has 0 spiro atoms.